The highest BCUT2D eigenvalue weighted by Gasteiger charge is 2.43. The summed E-state index contributed by atoms with van der Waals surface area (Å²) in [6, 6.07) is 0. The number of hydrogen-bond donors (Lipinski definition) is 0. The lowest BCUT2D eigenvalue weighted by molar-refractivity contribution is -0.170. The molecule has 0 unspecified atom stereocenters. The molecular formula is C8H13NO2. The molecule has 3 heteroatoms. The van der Waals surface area contributed by atoms with E-state index in [2.05, 4.69) is 0 Å². The van der Waals surface area contributed by atoms with Crippen LogP contribution in [0.2, 0.25) is 0 Å². The van der Waals surface area contributed by atoms with E-state index >= 15 is 0 Å². The maximum atomic E-state index is 11.3. The van der Waals surface area contributed by atoms with Crippen molar-refractivity contribution in [2.75, 3.05) is 13.2 Å². The van der Waals surface area contributed by atoms with Gasteiger partial charge in [0, 0.05) is 19.4 Å². The average Bonchev–Trinajstić information content (AvgIpc) is 2.29. The lowest BCUT2D eigenvalue weighted by Crippen LogP contribution is -2.49. The van der Waals surface area contributed by atoms with E-state index in [1.165, 1.54) is 0 Å². The van der Waals surface area contributed by atoms with E-state index in [0.717, 1.165) is 26.0 Å². The Morgan fingerprint density at radius 1 is 1.64 bits per heavy atom. The minimum absolute atomic E-state index is 0.255. The van der Waals surface area contributed by atoms with Crippen molar-refractivity contribution in [1.29, 1.82) is 0 Å². The highest BCUT2D eigenvalue weighted by atomic mass is 16.5. The van der Waals surface area contributed by atoms with Crippen molar-refractivity contribution in [3.63, 3.8) is 0 Å². The van der Waals surface area contributed by atoms with Crippen LogP contribution in [0, 0.1) is 0 Å². The number of rotatable bonds is 0. The van der Waals surface area contributed by atoms with Gasteiger partial charge in [-0.1, -0.05) is 0 Å². The number of carbonyl (C=O) groups is 1. The van der Waals surface area contributed by atoms with Gasteiger partial charge in [-0.3, -0.25) is 4.79 Å². The van der Waals surface area contributed by atoms with Crippen molar-refractivity contribution in [2.24, 2.45) is 0 Å². The lowest BCUT2D eigenvalue weighted by atomic mass is 10.1. The van der Waals surface area contributed by atoms with Gasteiger partial charge in [0.25, 0.3) is 0 Å². The molecule has 11 heavy (non-hydrogen) atoms. The number of hydrogen-bond acceptors (Lipinski definition) is 2. The van der Waals surface area contributed by atoms with Crippen LogP contribution in [0.4, 0.5) is 0 Å². The summed E-state index contributed by atoms with van der Waals surface area (Å²) in [7, 11) is 0. The highest BCUT2D eigenvalue weighted by molar-refractivity contribution is 5.79. The first-order valence-corrected chi connectivity index (χ1v) is 4.17. The Hall–Kier alpha value is -0.570. The molecule has 0 aromatic carbocycles. The van der Waals surface area contributed by atoms with Gasteiger partial charge in [0.1, 0.15) is 5.72 Å². The van der Waals surface area contributed by atoms with Crippen molar-refractivity contribution >= 4 is 5.91 Å². The zero-order valence-corrected chi connectivity index (χ0v) is 6.80. The maximum absolute atomic E-state index is 11.3. The summed E-state index contributed by atoms with van der Waals surface area (Å²) in [5, 5.41) is 0. The van der Waals surface area contributed by atoms with E-state index in [1.54, 1.807) is 0 Å². The monoisotopic (exact) mass is 155 g/mol. The second-order valence-electron chi connectivity index (χ2n) is 3.42. The Morgan fingerprint density at radius 2 is 2.45 bits per heavy atom. The molecule has 0 aliphatic carbocycles. The van der Waals surface area contributed by atoms with Gasteiger partial charge in [-0.2, -0.15) is 0 Å². The van der Waals surface area contributed by atoms with Crippen molar-refractivity contribution in [3.8, 4) is 0 Å². The predicted molar refractivity (Wildman–Crippen MR) is 39.9 cm³/mol. The molecule has 2 fully saturated rings. The van der Waals surface area contributed by atoms with Gasteiger partial charge in [0.05, 0.1) is 6.61 Å². The zero-order chi connectivity index (χ0) is 7.90. The molecule has 2 rings (SSSR count). The quantitative estimate of drug-likeness (QED) is 0.516. The molecule has 2 aliphatic rings. The first-order valence-electron chi connectivity index (χ1n) is 4.17. The smallest absolute Gasteiger partial charge is 0.224 e. The summed E-state index contributed by atoms with van der Waals surface area (Å²) in [6.45, 7) is 3.70. The molecule has 0 aromatic rings. The molecule has 0 bridgehead atoms. The SMILES string of the molecule is C[C@@]12CCC(=O)N1CCCO2. The summed E-state index contributed by atoms with van der Waals surface area (Å²) in [5.74, 6) is 0.257. The van der Waals surface area contributed by atoms with Crippen molar-refractivity contribution in [1.82, 2.24) is 4.90 Å². The molecule has 1 atom stereocenters. The van der Waals surface area contributed by atoms with Gasteiger partial charge in [-0.25, -0.2) is 0 Å². The van der Waals surface area contributed by atoms with E-state index in [1.807, 2.05) is 11.8 Å². The van der Waals surface area contributed by atoms with Gasteiger partial charge < -0.3 is 9.64 Å². The van der Waals surface area contributed by atoms with Crippen LogP contribution >= 0.6 is 0 Å². The van der Waals surface area contributed by atoms with Gasteiger partial charge >= 0.3 is 0 Å². The molecular weight excluding hydrogens is 142 g/mol. The highest BCUT2D eigenvalue weighted by Crippen LogP contribution is 2.33. The van der Waals surface area contributed by atoms with Crippen molar-refractivity contribution in [2.45, 2.75) is 31.9 Å². The van der Waals surface area contributed by atoms with E-state index in [0.29, 0.717) is 6.42 Å². The van der Waals surface area contributed by atoms with Crippen LogP contribution in [-0.4, -0.2) is 29.7 Å². The standard InChI is InChI=1S/C8H13NO2/c1-8-4-3-7(10)9(8)5-2-6-11-8/h2-6H2,1H3/t8-/m1/s1. The average molecular weight is 155 g/mol. The largest absolute Gasteiger partial charge is 0.356 e. The molecule has 1 amide bonds. The predicted octanol–water partition coefficient (Wildman–Crippen LogP) is 0.745. The summed E-state index contributed by atoms with van der Waals surface area (Å²) in [4.78, 5) is 13.1. The van der Waals surface area contributed by atoms with E-state index in [4.69, 9.17) is 4.74 Å². The Balaban J connectivity index is 2.21. The molecule has 0 spiro atoms. The van der Waals surface area contributed by atoms with E-state index in [9.17, 15) is 4.79 Å². The van der Waals surface area contributed by atoms with E-state index in [-0.39, 0.29) is 11.6 Å². The first kappa shape index (κ1) is 7.10. The lowest BCUT2D eigenvalue weighted by Gasteiger charge is -2.39. The third-order valence-electron chi connectivity index (χ3n) is 2.61. The molecule has 2 saturated heterocycles. The van der Waals surface area contributed by atoms with Crippen LogP contribution in [-0.2, 0) is 9.53 Å². The number of amides is 1. The Morgan fingerprint density at radius 3 is 3.18 bits per heavy atom. The van der Waals surface area contributed by atoms with Crippen LogP contribution < -0.4 is 0 Å². The first-order chi connectivity index (χ1) is 5.22. The summed E-state index contributed by atoms with van der Waals surface area (Å²) < 4.78 is 5.56. The third kappa shape index (κ3) is 0.948. The number of fused-ring (bicyclic) bond motifs is 1. The van der Waals surface area contributed by atoms with Gasteiger partial charge in [0.2, 0.25) is 5.91 Å². The molecule has 2 heterocycles. The molecule has 0 radical (unpaired) electrons. The van der Waals surface area contributed by atoms with Crippen LogP contribution in [0.25, 0.3) is 0 Å². The van der Waals surface area contributed by atoms with E-state index < -0.39 is 0 Å². The molecule has 0 aromatic heterocycles. The molecule has 0 N–H and O–H groups in total. The minimum atomic E-state index is -0.255. The fourth-order valence-electron chi connectivity index (χ4n) is 1.90. The van der Waals surface area contributed by atoms with Crippen LogP contribution in [0.3, 0.4) is 0 Å². The molecule has 2 aliphatic heterocycles. The van der Waals surface area contributed by atoms with Crippen LogP contribution in [0.5, 0.6) is 0 Å². The summed E-state index contributed by atoms with van der Waals surface area (Å²) in [5.41, 5.74) is -0.255. The molecule has 0 saturated carbocycles. The minimum Gasteiger partial charge on any atom is -0.356 e. The second-order valence-corrected chi connectivity index (χ2v) is 3.42. The second kappa shape index (κ2) is 2.21. The fourth-order valence-corrected chi connectivity index (χ4v) is 1.90. The van der Waals surface area contributed by atoms with Crippen molar-refractivity contribution < 1.29 is 9.53 Å². The van der Waals surface area contributed by atoms with Crippen LogP contribution in [0.15, 0.2) is 0 Å². The van der Waals surface area contributed by atoms with Crippen LogP contribution in [0.1, 0.15) is 26.2 Å². The third-order valence-corrected chi connectivity index (χ3v) is 2.61. The summed E-state index contributed by atoms with van der Waals surface area (Å²) in [6.07, 6.45) is 2.52. The summed E-state index contributed by atoms with van der Waals surface area (Å²) >= 11 is 0. The molecule has 62 valence electrons. The number of nitrogens with zero attached hydrogens (tertiary/aromatic N) is 1. The Labute approximate surface area is 66.3 Å². The zero-order valence-electron chi connectivity index (χ0n) is 6.80. The fraction of sp³-hybridized carbons (Fsp3) is 0.875. The van der Waals surface area contributed by atoms with Crippen molar-refractivity contribution in [3.05, 3.63) is 0 Å². The topological polar surface area (TPSA) is 29.5 Å². The Bertz CT molecular complexity index is 193. The normalized spacial score (nSPS) is 37.5. The van der Waals surface area contributed by atoms with Gasteiger partial charge in [-0.05, 0) is 13.3 Å². The Kier molecular flexibility index (Phi) is 1.42. The van der Waals surface area contributed by atoms with Gasteiger partial charge in [0.15, 0.2) is 0 Å². The van der Waals surface area contributed by atoms with Gasteiger partial charge in [-0.15, -0.1) is 0 Å². The molecule has 3 nitrogen and oxygen atoms in total. The number of ether oxygens (including phenoxy) is 1. The number of carbonyl (C=O) groups excluding carboxylic acids is 1. The maximum Gasteiger partial charge on any atom is 0.224 e.